The highest BCUT2D eigenvalue weighted by molar-refractivity contribution is 5.93. The van der Waals surface area contributed by atoms with Gasteiger partial charge < -0.3 is 4.42 Å². The van der Waals surface area contributed by atoms with Gasteiger partial charge in [0.15, 0.2) is 11.7 Å². The Morgan fingerprint density at radius 2 is 2.33 bits per heavy atom. The molecule has 0 spiro atoms. The maximum Gasteiger partial charge on any atom is 0.191 e. The van der Waals surface area contributed by atoms with Crippen LogP contribution in [0.4, 0.5) is 0 Å². The quantitative estimate of drug-likeness (QED) is 0.648. The van der Waals surface area contributed by atoms with E-state index < -0.39 is 0 Å². The van der Waals surface area contributed by atoms with Crippen molar-refractivity contribution < 1.29 is 9.21 Å². The van der Waals surface area contributed by atoms with Gasteiger partial charge in [0.2, 0.25) is 0 Å². The highest BCUT2D eigenvalue weighted by Gasteiger charge is 2.11. The molecular formula is C9H13NO2. The lowest BCUT2D eigenvalue weighted by molar-refractivity contribution is 0.0963. The Balaban J connectivity index is 2.65. The van der Waals surface area contributed by atoms with E-state index in [0.717, 1.165) is 0 Å². The van der Waals surface area contributed by atoms with Gasteiger partial charge in [0.05, 0.1) is 0 Å². The minimum absolute atomic E-state index is 0.0573. The number of carbonyl (C=O) groups is 1. The smallest absolute Gasteiger partial charge is 0.191 e. The van der Waals surface area contributed by atoms with Crippen LogP contribution in [-0.4, -0.2) is 10.8 Å². The molecule has 0 radical (unpaired) electrons. The van der Waals surface area contributed by atoms with Crippen LogP contribution in [0.1, 0.15) is 36.6 Å². The summed E-state index contributed by atoms with van der Waals surface area (Å²) in [7, 11) is 0. The lowest BCUT2D eigenvalue weighted by atomic mass is 10.1. The Morgan fingerprint density at radius 3 is 2.75 bits per heavy atom. The van der Waals surface area contributed by atoms with Crippen molar-refractivity contribution in [3.05, 3.63) is 17.8 Å². The van der Waals surface area contributed by atoms with Crippen LogP contribution in [0.2, 0.25) is 0 Å². The van der Waals surface area contributed by atoms with E-state index in [0.29, 0.717) is 23.9 Å². The summed E-state index contributed by atoms with van der Waals surface area (Å²) in [6.07, 6.45) is 1.95. The molecule has 1 aromatic heterocycles. The fourth-order valence-electron chi connectivity index (χ4n) is 0.967. The van der Waals surface area contributed by atoms with Gasteiger partial charge in [0.1, 0.15) is 12.0 Å². The average molecular weight is 167 g/mol. The number of Topliss-reactive ketones (excluding diaryl/α,β-unsaturated/α-hetero) is 1. The predicted octanol–water partition coefficient (Wildman–Crippen LogP) is 2.21. The molecule has 0 aliphatic rings. The number of hydrogen-bond donors (Lipinski definition) is 0. The van der Waals surface area contributed by atoms with Crippen molar-refractivity contribution in [1.82, 2.24) is 4.98 Å². The summed E-state index contributed by atoms with van der Waals surface area (Å²) in [6.45, 7) is 5.74. The zero-order valence-corrected chi connectivity index (χ0v) is 7.63. The molecule has 0 unspecified atom stereocenters. The van der Waals surface area contributed by atoms with E-state index in [9.17, 15) is 4.79 Å². The first-order valence-corrected chi connectivity index (χ1v) is 4.05. The second-order valence-corrected chi connectivity index (χ2v) is 3.27. The van der Waals surface area contributed by atoms with Crippen LogP contribution >= 0.6 is 0 Å². The molecule has 66 valence electrons. The molecule has 12 heavy (non-hydrogen) atoms. The fraction of sp³-hybridized carbons (Fsp3) is 0.556. The van der Waals surface area contributed by atoms with Crippen molar-refractivity contribution in [2.45, 2.75) is 27.2 Å². The molecule has 0 saturated carbocycles. The number of nitrogens with zero attached hydrogens (tertiary/aromatic N) is 1. The highest BCUT2D eigenvalue weighted by Crippen LogP contribution is 2.08. The van der Waals surface area contributed by atoms with Gasteiger partial charge in [-0.25, -0.2) is 4.98 Å². The van der Waals surface area contributed by atoms with Crippen LogP contribution < -0.4 is 0 Å². The second-order valence-electron chi connectivity index (χ2n) is 3.27. The molecule has 0 amide bonds. The van der Waals surface area contributed by atoms with Crippen molar-refractivity contribution >= 4 is 5.78 Å². The maximum absolute atomic E-state index is 11.3. The molecular weight excluding hydrogens is 154 g/mol. The van der Waals surface area contributed by atoms with Crippen LogP contribution in [0.3, 0.4) is 0 Å². The third-order valence-electron chi connectivity index (χ3n) is 1.50. The molecule has 0 aromatic carbocycles. The van der Waals surface area contributed by atoms with E-state index in [1.54, 1.807) is 6.92 Å². The lowest BCUT2D eigenvalue weighted by Gasteiger charge is -1.98. The zero-order valence-electron chi connectivity index (χ0n) is 7.63. The SMILES string of the molecule is Cc1nc(C(=O)CC(C)C)co1. The van der Waals surface area contributed by atoms with Crippen LogP contribution in [0.15, 0.2) is 10.7 Å². The van der Waals surface area contributed by atoms with Crippen molar-refractivity contribution in [2.24, 2.45) is 5.92 Å². The van der Waals surface area contributed by atoms with Gasteiger partial charge in [-0.05, 0) is 5.92 Å². The molecule has 0 saturated heterocycles. The van der Waals surface area contributed by atoms with Crippen LogP contribution in [0.5, 0.6) is 0 Å². The fourth-order valence-corrected chi connectivity index (χ4v) is 0.967. The highest BCUT2D eigenvalue weighted by atomic mass is 16.3. The number of ketones is 1. The van der Waals surface area contributed by atoms with Crippen molar-refractivity contribution in [2.75, 3.05) is 0 Å². The summed E-state index contributed by atoms with van der Waals surface area (Å²) < 4.78 is 4.94. The zero-order chi connectivity index (χ0) is 9.14. The van der Waals surface area contributed by atoms with Crippen molar-refractivity contribution in [1.29, 1.82) is 0 Å². The molecule has 0 bridgehead atoms. The molecule has 0 atom stereocenters. The van der Waals surface area contributed by atoms with Gasteiger partial charge in [-0.2, -0.15) is 0 Å². The number of oxazole rings is 1. The second kappa shape index (κ2) is 3.52. The molecule has 1 heterocycles. The van der Waals surface area contributed by atoms with Gasteiger partial charge in [-0.3, -0.25) is 4.79 Å². The molecule has 3 nitrogen and oxygen atoms in total. The van der Waals surface area contributed by atoms with Gasteiger partial charge in [0.25, 0.3) is 0 Å². The van der Waals surface area contributed by atoms with Crippen molar-refractivity contribution in [3.8, 4) is 0 Å². The first kappa shape index (κ1) is 8.97. The summed E-state index contributed by atoms with van der Waals surface area (Å²) in [4.78, 5) is 15.3. The molecule has 0 aliphatic carbocycles. The number of carbonyl (C=O) groups excluding carboxylic acids is 1. The van der Waals surface area contributed by atoms with Gasteiger partial charge in [-0.1, -0.05) is 13.8 Å². The van der Waals surface area contributed by atoms with E-state index in [-0.39, 0.29) is 5.78 Å². The number of rotatable bonds is 3. The minimum atomic E-state index is 0.0573. The Kier molecular flexibility index (Phi) is 2.63. The molecule has 1 rings (SSSR count). The minimum Gasteiger partial charge on any atom is -0.449 e. The summed E-state index contributed by atoms with van der Waals surface area (Å²) in [5, 5.41) is 0. The standard InChI is InChI=1S/C9H13NO2/c1-6(2)4-9(11)8-5-12-7(3)10-8/h5-6H,4H2,1-3H3. The monoisotopic (exact) mass is 167 g/mol. The largest absolute Gasteiger partial charge is 0.449 e. The number of aromatic nitrogens is 1. The summed E-state index contributed by atoms with van der Waals surface area (Å²) in [6, 6.07) is 0. The predicted molar refractivity (Wildman–Crippen MR) is 45.0 cm³/mol. The Labute approximate surface area is 71.8 Å². The average Bonchev–Trinajstić information content (AvgIpc) is 2.34. The molecule has 0 N–H and O–H groups in total. The van der Waals surface area contributed by atoms with E-state index in [2.05, 4.69) is 4.98 Å². The van der Waals surface area contributed by atoms with Crippen LogP contribution in [-0.2, 0) is 0 Å². The normalized spacial score (nSPS) is 10.7. The number of hydrogen-bond acceptors (Lipinski definition) is 3. The lowest BCUT2D eigenvalue weighted by Crippen LogP contribution is -2.03. The van der Waals surface area contributed by atoms with Crippen LogP contribution in [0.25, 0.3) is 0 Å². The molecule has 1 aromatic rings. The van der Waals surface area contributed by atoms with Gasteiger partial charge in [-0.15, -0.1) is 0 Å². The van der Waals surface area contributed by atoms with E-state index in [1.807, 2.05) is 13.8 Å². The third kappa shape index (κ3) is 2.19. The van der Waals surface area contributed by atoms with Crippen LogP contribution in [0, 0.1) is 12.8 Å². The Bertz CT molecular complexity index is 276. The summed E-state index contributed by atoms with van der Waals surface area (Å²) >= 11 is 0. The Morgan fingerprint density at radius 1 is 1.67 bits per heavy atom. The first-order chi connectivity index (χ1) is 5.59. The van der Waals surface area contributed by atoms with Gasteiger partial charge in [0, 0.05) is 13.3 Å². The first-order valence-electron chi connectivity index (χ1n) is 4.05. The summed E-state index contributed by atoms with van der Waals surface area (Å²) in [5.74, 6) is 0.971. The third-order valence-corrected chi connectivity index (χ3v) is 1.50. The number of aryl methyl sites for hydroxylation is 1. The summed E-state index contributed by atoms with van der Waals surface area (Å²) in [5.41, 5.74) is 0.446. The molecule has 0 aliphatic heterocycles. The maximum atomic E-state index is 11.3. The van der Waals surface area contributed by atoms with Crippen molar-refractivity contribution in [3.63, 3.8) is 0 Å². The van der Waals surface area contributed by atoms with E-state index >= 15 is 0 Å². The molecule has 3 heteroatoms. The molecule has 0 fully saturated rings. The van der Waals surface area contributed by atoms with Gasteiger partial charge >= 0.3 is 0 Å². The van der Waals surface area contributed by atoms with E-state index in [1.165, 1.54) is 6.26 Å². The topological polar surface area (TPSA) is 43.1 Å². The van der Waals surface area contributed by atoms with E-state index in [4.69, 9.17) is 4.42 Å². The Hall–Kier alpha value is -1.12.